The predicted octanol–water partition coefficient (Wildman–Crippen LogP) is 6.55. The molecule has 1 aliphatic rings. The number of hydrogen-bond acceptors (Lipinski definition) is 11. The number of nitrogens with one attached hydrogen (secondary N) is 1. The van der Waals surface area contributed by atoms with E-state index in [0.29, 0.717) is 78.2 Å². The van der Waals surface area contributed by atoms with Crippen molar-refractivity contribution in [2.45, 2.75) is 79.3 Å². The van der Waals surface area contributed by atoms with Crippen LogP contribution in [-0.4, -0.2) is 105 Å². The number of unbranched alkanes of at least 4 members (excludes halogenated alkanes) is 3. The molecule has 0 saturated carbocycles. The van der Waals surface area contributed by atoms with Gasteiger partial charge < -0.3 is 43.1 Å². The van der Waals surface area contributed by atoms with Crippen LogP contribution in [0.5, 0.6) is 0 Å². The predicted molar refractivity (Wildman–Crippen MR) is 212 cm³/mol. The largest absolute Gasteiger partial charge is 0.382 e. The van der Waals surface area contributed by atoms with Crippen LogP contribution in [0.4, 0.5) is 5.69 Å². The summed E-state index contributed by atoms with van der Waals surface area (Å²) in [6.07, 6.45) is 3.64. The first kappa shape index (κ1) is 46.8. The molecule has 14 nitrogen and oxygen atoms in total. The van der Waals surface area contributed by atoms with Crippen molar-refractivity contribution >= 4 is 26.1 Å². The third kappa shape index (κ3) is 16.2. The number of methoxy groups -OCH3 is 1. The molecule has 54 heavy (non-hydrogen) atoms. The third-order valence-electron chi connectivity index (χ3n) is 8.03. The molecule has 0 fully saturated rings. The number of carbonyl (C=O) groups excluding carboxylic acids is 2. The molecule has 0 radical (unpaired) electrons. The van der Waals surface area contributed by atoms with Crippen LogP contribution < -0.4 is 10.2 Å². The lowest BCUT2D eigenvalue weighted by Gasteiger charge is -2.28. The normalized spacial score (nSPS) is 12.1. The van der Waals surface area contributed by atoms with E-state index in [2.05, 4.69) is 15.6 Å². The smallest absolute Gasteiger partial charge is 0.329 e. The molecule has 2 amide bonds. The summed E-state index contributed by atoms with van der Waals surface area (Å²) in [5, 5.41) is 12.0. The minimum atomic E-state index is -1.78. The Labute approximate surface area is 322 Å². The van der Waals surface area contributed by atoms with E-state index in [-0.39, 0.29) is 24.7 Å². The molecule has 2 N–H and O–H groups in total. The Kier molecular flexibility index (Phi) is 25.2. The number of amides is 2. The van der Waals surface area contributed by atoms with E-state index in [9.17, 15) is 14.5 Å². The molecule has 1 atom stereocenters. The Bertz CT molecular complexity index is 1460. The van der Waals surface area contributed by atoms with E-state index >= 15 is 0 Å². The highest BCUT2D eigenvalue weighted by atomic mass is 31.2. The summed E-state index contributed by atoms with van der Waals surface area (Å²) in [6, 6.07) is 15.7. The number of para-hydroxylation sites is 1. The zero-order valence-corrected chi connectivity index (χ0v) is 34.0. The zero-order chi connectivity index (χ0) is 39.4. The van der Waals surface area contributed by atoms with Crippen molar-refractivity contribution in [1.29, 1.82) is 0 Å². The quantitative estimate of drug-likeness (QED) is 0.0752. The van der Waals surface area contributed by atoms with Gasteiger partial charge in [0.1, 0.15) is 5.69 Å². The number of anilines is 1. The van der Waals surface area contributed by atoms with Gasteiger partial charge in [0.05, 0.1) is 77.3 Å². The van der Waals surface area contributed by atoms with Crippen molar-refractivity contribution in [3.63, 3.8) is 0 Å². The van der Waals surface area contributed by atoms with Crippen molar-refractivity contribution in [2.75, 3.05) is 78.5 Å². The van der Waals surface area contributed by atoms with Gasteiger partial charge >= 0.3 is 8.60 Å². The second kappa shape index (κ2) is 29.0. The molecule has 0 bridgehead atoms. The zero-order valence-electron chi connectivity index (χ0n) is 33.1. The maximum atomic E-state index is 13.8. The van der Waals surface area contributed by atoms with Crippen molar-refractivity contribution in [2.24, 2.45) is 0 Å². The van der Waals surface area contributed by atoms with E-state index in [4.69, 9.17) is 28.0 Å². The number of benzene rings is 2. The fourth-order valence-electron chi connectivity index (χ4n) is 5.48. The molecule has 1 aromatic heterocycles. The van der Waals surface area contributed by atoms with Gasteiger partial charge in [-0.15, -0.1) is 5.10 Å². The van der Waals surface area contributed by atoms with Gasteiger partial charge in [0.25, 0.3) is 0 Å². The standard InChI is InChI=1S/C35H50N5O9P.2C2H6/c1-44-21-22-47-25-26-48-24-23-46-20-18-40-35-29-12-6-5-11-28(29)27-39(31-14-8-7-13-30(31)34(35)37-38-40)33(42)16-15-32(41)36-17-9-3-4-10-19-49-50(43)45-2;2*1-2/h5-8,11-14,43H,3-4,9-10,15-27H2,1-2H3,(H,36,41);2*1-2H3. The van der Waals surface area contributed by atoms with E-state index in [1.165, 1.54) is 7.11 Å². The minimum absolute atomic E-state index is 0.0742. The summed E-state index contributed by atoms with van der Waals surface area (Å²) >= 11 is 0. The molecule has 1 unspecified atom stereocenters. The number of aromatic nitrogens is 3. The van der Waals surface area contributed by atoms with Crippen molar-refractivity contribution in [3.05, 3.63) is 54.1 Å². The lowest BCUT2D eigenvalue weighted by atomic mass is 9.95. The van der Waals surface area contributed by atoms with E-state index in [0.717, 1.165) is 53.8 Å². The van der Waals surface area contributed by atoms with Gasteiger partial charge in [-0.25, -0.2) is 4.68 Å². The highest BCUT2D eigenvalue weighted by molar-refractivity contribution is 7.40. The SMILES string of the molecule is CC.CC.COCCOCCOCCOCCn1nnc2c1-c1ccccc1CN(C(=O)CCC(=O)NCCCCCCOP(O)OC)c1ccccc1-2. The minimum Gasteiger partial charge on any atom is -0.382 e. The number of ether oxygens (including phenoxy) is 4. The van der Waals surface area contributed by atoms with Gasteiger partial charge in [0.15, 0.2) is 0 Å². The molecular weight excluding hydrogens is 713 g/mol. The Hall–Kier alpha value is -3.33. The topological polar surface area (TPSA) is 156 Å². The molecule has 1 aliphatic heterocycles. The summed E-state index contributed by atoms with van der Waals surface area (Å²) < 4.78 is 33.4. The molecule has 0 aliphatic carbocycles. The van der Waals surface area contributed by atoms with Crippen LogP contribution in [0.3, 0.4) is 0 Å². The molecule has 2 aromatic carbocycles. The summed E-state index contributed by atoms with van der Waals surface area (Å²) in [7, 11) is 1.26. The molecule has 0 saturated heterocycles. The average molecular weight is 776 g/mol. The van der Waals surface area contributed by atoms with Crippen LogP contribution in [-0.2, 0) is 50.7 Å². The van der Waals surface area contributed by atoms with Gasteiger partial charge in [0, 0.05) is 44.7 Å². The molecule has 4 rings (SSSR count). The Balaban J connectivity index is 0.00000244. The lowest BCUT2D eigenvalue weighted by molar-refractivity contribution is -0.125. The first-order chi connectivity index (χ1) is 26.5. The number of hydrogen-bond donors (Lipinski definition) is 2. The van der Waals surface area contributed by atoms with E-state index in [1.807, 2.05) is 80.9 Å². The van der Waals surface area contributed by atoms with Crippen LogP contribution in [0.1, 0.15) is 71.8 Å². The Morgan fingerprint density at radius 1 is 0.778 bits per heavy atom. The molecule has 302 valence electrons. The van der Waals surface area contributed by atoms with Gasteiger partial charge in [-0.05, 0) is 24.5 Å². The number of fused-ring (bicyclic) bond motifs is 5. The summed E-state index contributed by atoms with van der Waals surface area (Å²) in [6.45, 7) is 13.3. The first-order valence-electron chi connectivity index (χ1n) is 19.1. The third-order valence-corrected chi connectivity index (χ3v) is 8.74. The first-order valence-corrected chi connectivity index (χ1v) is 20.2. The second-order valence-corrected chi connectivity index (χ2v) is 12.6. The van der Waals surface area contributed by atoms with Crippen molar-refractivity contribution < 1.29 is 42.5 Å². The van der Waals surface area contributed by atoms with Gasteiger partial charge in [-0.3, -0.25) is 9.59 Å². The fourth-order valence-corrected chi connectivity index (χ4v) is 5.87. The van der Waals surface area contributed by atoms with Crippen LogP contribution in [0, 0.1) is 0 Å². The van der Waals surface area contributed by atoms with Crippen LogP contribution in [0.2, 0.25) is 0 Å². The van der Waals surface area contributed by atoms with Gasteiger partial charge in [-0.2, -0.15) is 0 Å². The maximum Gasteiger partial charge on any atom is 0.329 e. The fraction of sp³-hybridized carbons (Fsp3) is 0.590. The lowest BCUT2D eigenvalue weighted by Crippen LogP contribution is -2.33. The number of rotatable bonds is 24. The molecule has 2 heterocycles. The van der Waals surface area contributed by atoms with Crippen LogP contribution in [0.15, 0.2) is 48.5 Å². The summed E-state index contributed by atoms with van der Waals surface area (Å²) in [5.74, 6) is -0.297. The van der Waals surface area contributed by atoms with Crippen molar-refractivity contribution in [3.8, 4) is 22.5 Å². The number of nitrogens with zero attached hydrogens (tertiary/aromatic N) is 4. The highest BCUT2D eigenvalue weighted by Crippen LogP contribution is 2.41. The second-order valence-electron chi connectivity index (χ2n) is 11.5. The van der Waals surface area contributed by atoms with Crippen LogP contribution >= 0.6 is 8.60 Å². The maximum absolute atomic E-state index is 13.8. The van der Waals surface area contributed by atoms with E-state index in [1.54, 1.807) is 12.0 Å². The van der Waals surface area contributed by atoms with Gasteiger partial charge in [0.2, 0.25) is 11.8 Å². The Morgan fingerprint density at radius 3 is 2.11 bits per heavy atom. The molecular formula is C39H62N5O9P. The average Bonchev–Trinajstić information content (AvgIpc) is 3.62. The van der Waals surface area contributed by atoms with Crippen molar-refractivity contribution in [1.82, 2.24) is 20.3 Å². The number of carbonyl (C=O) groups is 2. The van der Waals surface area contributed by atoms with E-state index < -0.39 is 8.60 Å². The van der Waals surface area contributed by atoms with Crippen LogP contribution in [0.25, 0.3) is 22.5 Å². The summed E-state index contributed by atoms with van der Waals surface area (Å²) in [4.78, 5) is 37.4. The molecule has 0 spiro atoms. The Morgan fingerprint density at radius 2 is 1.41 bits per heavy atom. The summed E-state index contributed by atoms with van der Waals surface area (Å²) in [5.41, 5.74) is 4.97. The monoisotopic (exact) mass is 775 g/mol. The molecule has 3 aromatic rings. The highest BCUT2D eigenvalue weighted by Gasteiger charge is 2.29. The molecule has 15 heteroatoms. The van der Waals surface area contributed by atoms with Gasteiger partial charge in [-0.1, -0.05) is 88.2 Å².